The van der Waals surface area contributed by atoms with Crippen molar-refractivity contribution < 1.29 is 18.9 Å². The molecule has 2 heterocycles. The van der Waals surface area contributed by atoms with Gasteiger partial charge in [0.15, 0.2) is 6.29 Å². The summed E-state index contributed by atoms with van der Waals surface area (Å²) < 4.78 is 23.2. The van der Waals surface area contributed by atoms with E-state index in [1.54, 1.807) is 0 Å². The number of ether oxygens (including phenoxy) is 4. The fraction of sp³-hybridized carbons (Fsp3) is 0.684. The first-order valence-electron chi connectivity index (χ1n) is 8.90. The van der Waals surface area contributed by atoms with E-state index >= 15 is 0 Å². The quantitative estimate of drug-likeness (QED) is 0.768. The Morgan fingerprint density at radius 2 is 1.87 bits per heavy atom. The van der Waals surface area contributed by atoms with Gasteiger partial charge in [0.2, 0.25) is 0 Å². The van der Waals surface area contributed by atoms with Crippen molar-refractivity contribution in [3.05, 3.63) is 35.9 Å². The van der Waals surface area contributed by atoms with E-state index in [1.807, 2.05) is 18.2 Å². The van der Waals surface area contributed by atoms with Crippen LogP contribution in [0.5, 0.6) is 0 Å². The van der Waals surface area contributed by atoms with E-state index in [2.05, 4.69) is 12.1 Å². The van der Waals surface area contributed by atoms with E-state index < -0.39 is 0 Å². The van der Waals surface area contributed by atoms with Gasteiger partial charge in [0.25, 0.3) is 0 Å². The molecule has 2 saturated heterocycles. The maximum Gasteiger partial charge on any atom is 0.157 e. The second-order valence-electron chi connectivity index (χ2n) is 6.41. The van der Waals surface area contributed by atoms with E-state index in [9.17, 15) is 0 Å². The summed E-state index contributed by atoms with van der Waals surface area (Å²) in [6.45, 7) is 2.93. The molecule has 2 aliphatic rings. The fourth-order valence-electron chi connectivity index (χ4n) is 3.10. The van der Waals surface area contributed by atoms with Gasteiger partial charge in [-0.3, -0.25) is 0 Å². The maximum atomic E-state index is 5.94. The molecule has 0 spiro atoms. The van der Waals surface area contributed by atoms with Crippen molar-refractivity contribution in [2.45, 2.75) is 63.6 Å². The lowest BCUT2D eigenvalue weighted by Gasteiger charge is -2.30. The molecule has 0 aliphatic carbocycles. The standard InChI is InChI=1S/C19H28O4/c1-2-6-16(7-3-1)14-22-18-10-9-17(23-15-18)11-13-21-19-8-4-5-12-20-19/h1-3,6-7,17-19H,4-5,8-15H2/t17-,18+,19?/m0/s1. The Bertz CT molecular complexity index is 422. The van der Waals surface area contributed by atoms with Gasteiger partial charge in [0, 0.05) is 6.61 Å². The summed E-state index contributed by atoms with van der Waals surface area (Å²) in [5.74, 6) is 0. The highest BCUT2D eigenvalue weighted by Gasteiger charge is 2.23. The van der Waals surface area contributed by atoms with Crippen molar-refractivity contribution >= 4 is 0 Å². The van der Waals surface area contributed by atoms with Crippen molar-refractivity contribution in [2.24, 2.45) is 0 Å². The molecule has 4 heteroatoms. The molecule has 1 aromatic carbocycles. The van der Waals surface area contributed by atoms with Gasteiger partial charge in [-0.25, -0.2) is 0 Å². The highest BCUT2D eigenvalue weighted by atomic mass is 16.7. The van der Waals surface area contributed by atoms with Crippen molar-refractivity contribution in [3.8, 4) is 0 Å². The normalized spacial score (nSPS) is 28.6. The Kier molecular flexibility index (Phi) is 6.89. The first-order valence-corrected chi connectivity index (χ1v) is 8.90. The number of hydrogen-bond acceptors (Lipinski definition) is 4. The van der Waals surface area contributed by atoms with Gasteiger partial charge >= 0.3 is 0 Å². The Balaban J connectivity index is 1.26. The van der Waals surface area contributed by atoms with Crippen LogP contribution in [-0.4, -0.2) is 38.3 Å². The van der Waals surface area contributed by atoms with Crippen LogP contribution in [0.1, 0.15) is 44.1 Å². The Labute approximate surface area is 139 Å². The Morgan fingerprint density at radius 1 is 0.957 bits per heavy atom. The highest BCUT2D eigenvalue weighted by molar-refractivity contribution is 5.13. The largest absolute Gasteiger partial charge is 0.375 e. The van der Waals surface area contributed by atoms with Crippen molar-refractivity contribution in [3.63, 3.8) is 0 Å². The molecule has 1 unspecified atom stereocenters. The van der Waals surface area contributed by atoms with Crippen LogP contribution < -0.4 is 0 Å². The molecular weight excluding hydrogens is 292 g/mol. The van der Waals surface area contributed by atoms with E-state index in [0.717, 1.165) is 45.3 Å². The minimum Gasteiger partial charge on any atom is -0.375 e. The maximum absolute atomic E-state index is 5.94. The fourth-order valence-corrected chi connectivity index (χ4v) is 3.10. The number of hydrogen-bond donors (Lipinski definition) is 0. The molecular formula is C19H28O4. The average Bonchev–Trinajstić information content (AvgIpc) is 2.63. The molecule has 23 heavy (non-hydrogen) atoms. The minimum atomic E-state index is 0.00861. The molecule has 3 rings (SSSR count). The average molecular weight is 320 g/mol. The second kappa shape index (κ2) is 9.38. The van der Waals surface area contributed by atoms with Crippen LogP contribution in [-0.2, 0) is 25.6 Å². The Hall–Kier alpha value is -0.940. The molecule has 2 aliphatic heterocycles. The number of benzene rings is 1. The molecule has 0 radical (unpaired) electrons. The third-order valence-corrected chi connectivity index (χ3v) is 4.54. The lowest BCUT2D eigenvalue weighted by molar-refractivity contribution is -0.170. The predicted molar refractivity (Wildman–Crippen MR) is 88.2 cm³/mol. The van der Waals surface area contributed by atoms with Crippen LogP contribution in [0.15, 0.2) is 30.3 Å². The summed E-state index contributed by atoms with van der Waals surface area (Å²) in [6, 6.07) is 10.3. The third kappa shape index (κ3) is 5.88. The summed E-state index contributed by atoms with van der Waals surface area (Å²) in [5, 5.41) is 0. The third-order valence-electron chi connectivity index (χ3n) is 4.54. The van der Waals surface area contributed by atoms with Crippen molar-refractivity contribution in [2.75, 3.05) is 19.8 Å². The zero-order chi connectivity index (χ0) is 15.7. The molecule has 0 amide bonds. The lowest BCUT2D eigenvalue weighted by atomic mass is 10.0. The monoisotopic (exact) mass is 320 g/mol. The molecule has 0 bridgehead atoms. The molecule has 1 aromatic rings. The molecule has 2 fully saturated rings. The van der Waals surface area contributed by atoms with Gasteiger partial charge in [-0.15, -0.1) is 0 Å². The van der Waals surface area contributed by atoms with E-state index in [-0.39, 0.29) is 12.4 Å². The topological polar surface area (TPSA) is 36.9 Å². The van der Waals surface area contributed by atoms with Crippen LogP contribution in [0.25, 0.3) is 0 Å². The molecule has 128 valence electrons. The zero-order valence-electron chi connectivity index (χ0n) is 13.8. The summed E-state index contributed by atoms with van der Waals surface area (Å²) in [6.07, 6.45) is 7.00. The van der Waals surface area contributed by atoms with Crippen molar-refractivity contribution in [1.82, 2.24) is 0 Å². The van der Waals surface area contributed by atoms with Crippen LogP contribution in [0.4, 0.5) is 0 Å². The summed E-state index contributed by atoms with van der Waals surface area (Å²) in [5.41, 5.74) is 1.22. The van der Waals surface area contributed by atoms with E-state index in [0.29, 0.717) is 19.3 Å². The SMILES string of the molecule is c1ccc(CO[C@@H]2CC[C@@H](CCOC3CCCCO3)OC2)cc1. The smallest absolute Gasteiger partial charge is 0.157 e. The van der Waals surface area contributed by atoms with Gasteiger partial charge in [-0.05, 0) is 44.1 Å². The van der Waals surface area contributed by atoms with E-state index in [4.69, 9.17) is 18.9 Å². The summed E-state index contributed by atoms with van der Waals surface area (Å²) in [7, 11) is 0. The second-order valence-corrected chi connectivity index (χ2v) is 6.41. The van der Waals surface area contributed by atoms with E-state index in [1.165, 1.54) is 12.0 Å². The van der Waals surface area contributed by atoms with Crippen molar-refractivity contribution in [1.29, 1.82) is 0 Å². The summed E-state index contributed by atoms with van der Waals surface area (Å²) in [4.78, 5) is 0. The molecule has 0 N–H and O–H groups in total. The molecule has 4 nitrogen and oxygen atoms in total. The zero-order valence-corrected chi connectivity index (χ0v) is 13.8. The highest BCUT2D eigenvalue weighted by Crippen LogP contribution is 2.21. The van der Waals surface area contributed by atoms with Gasteiger partial charge < -0.3 is 18.9 Å². The molecule has 0 saturated carbocycles. The number of rotatable bonds is 7. The van der Waals surface area contributed by atoms with Crippen LogP contribution >= 0.6 is 0 Å². The Morgan fingerprint density at radius 3 is 2.61 bits per heavy atom. The van der Waals surface area contributed by atoms with Gasteiger partial charge in [0.05, 0.1) is 32.0 Å². The molecule has 0 aromatic heterocycles. The molecule has 3 atom stereocenters. The minimum absolute atomic E-state index is 0.00861. The van der Waals surface area contributed by atoms with Crippen LogP contribution in [0.2, 0.25) is 0 Å². The lowest BCUT2D eigenvalue weighted by Crippen LogP contribution is -2.32. The van der Waals surface area contributed by atoms with Gasteiger partial charge in [-0.1, -0.05) is 30.3 Å². The first-order chi connectivity index (χ1) is 11.4. The van der Waals surface area contributed by atoms with Gasteiger partial charge in [0.1, 0.15) is 0 Å². The first kappa shape index (κ1) is 16.9. The van der Waals surface area contributed by atoms with Crippen LogP contribution in [0.3, 0.4) is 0 Å². The predicted octanol–water partition coefficient (Wildman–Crippen LogP) is 3.68. The van der Waals surface area contributed by atoms with Gasteiger partial charge in [-0.2, -0.15) is 0 Å². The summed E-state index contributed by atoms with van der Waals surface area (Å²) >= 11 is 0. The van der Waals surface area contributed by atoms with Crippen LogP contribution in [0, 0.1) is 0 Å².